The molecule has 6 heteroatoms. The van der Waals surface area contributed by atoms with Gasteiger partial charge in [0, 0.05) is 26.7 Å². The normalized spacial score (nSPS) is 10.6. The van der Waals surface area contributed by atoms with Gasteiger partial charge in [0.05, 0.1) is 19.7 Å². The monoisotopic (exact) mass is 246 g/mol. The van der Waals surface area contributed by atoms with E-state index in [1.54, 1.807) is 16.9 Å². The number of hydrogen-bond acceptors (Lipinski definition) is 4. The fourth-order valence-corrected chi connectivity index (χ4v) is 1.49. The number of hydrogen-bond donors (Lipinski definition) is 1. The van der Waals surface area contributed by atoms with Gasteiger partial charge in [0.2, 0.25) is 5.91 Å². The van der Waals surface area contributed by atoms with E-state index in [1.165, 1.54) is 0 Å². The van der Waals surface area contributed by atoms with E-state index in [0.717, 1.165) is 0 Å². The van der Waals surface area contributed by atoms with Gasteiger partial charge in [-0.05, 0) is 13.8 Å². The van der Waals surface area contributed by atoms with E-state index in [2.05, 4.69) is 0 Å². The maximum absolute atomic E-state index is 11.8. The Morgan fingerprint density at radius 3 is 2.18 bits per heavy atom. The molecule has 0 spiro atoms. The van der Waals surface area contributed by atoms with Crippen molar-refractivity contribution in [1.29, 1.82) is 0 Å². The highest BCUT2D eigenvalue weighted by Crippen LogP contribution is 1.95. The smallest absolute Gasteiger partial charge is 0.317 e. The van der Waals surface area contributed by atoms with Crippen LogP contribution in [0.5, 0.6) is 0 Å². The van der Waals surface area contributed by atoms with Crippen LogP contribution in [0, 0.1) is 0 Å². The van der Waals surface area contributed by atoms with E-state index in [4.69, 9.17) is 9.84 Å². The topological polar surface area (TPSA) is 70.1 Å². The number of methoxy groups -OCH3 is 1. The van der Waals surface area contributed by atoms with Crippen molar-refractivity contribution in [1.82, 2.24) is 9.80 Å². The van der Waals surface area contributed by atoms with Crippen molar-refractivity contribution in [3.8, 4) is 0 Å². The van der Waals surface area contributed by atoms with Crippen LogP contribution in [-0.4, -0.2) is 73.2 Å². The lowest BCUT2D eigenvalue weighted by molar-refractivity contribution is -0.139. The fourth-order valence-electron chi connectivity index (χ4n) is 1.49. The molecule has 0 saturated carbocycles. The molecule has 0 atom stereocenters. The highest BCUT2D eigenvalue weighted by Gasteiger charge is 2.16. The molecule has 100 valence electrons. The summed E-state index contributed by atoms with van der Waals surface area (Å²) in [4.78, 5) is 25.7. The molecule has 0 fully saturated rings. The molecular weight excluding hydrogens is 224 g/mol. The maximum Gasteiger partial charge on any atom is 0.317 e. The van der Waals surface area contributed by atoms with Crippen LogP contribution in [0.2, 0.25) is 0 Å². The molecule has 1 N–H and O–H groups in total. The van der Waals surface area contributed by atoms with Crippen LogP contribution in [0.25, 0.3) is 0 Å². The summed E-state index contributed by atoms with van der Waals surface area (Å²) in [5.74, 6) is -0.985. The van der Waals surface area contributed by atoms with Gasteiger partial charge in [-0.3, -0.25) is 14.5 Å². The summed E-state index contributed by atoms with van der Waals surface area (Å²) in [6.45, 7) is 5.92. The Hall–Kier alpha value is -1.14. The largest absolute Gasteiger partial charge is 0.480 e. The SMILES string of the molecule is CCN(CC)C(=O)CN(CCOC)CC(=O)O. The van der Waals surface area contributed by atoms with Gasteiger partial charge in [0.1, 0.15) is 0 Å². The Labute approximate surface area is 102 Å². The van der Waals surface area contributed by atoms with Gasteiger partial charge >= 0.3 is 5.97 Å². The molecule has 0 aliphatic carbocycles. The van der Waals surface area contributed by atoms with Crippen molar-refractivity contribution >= 4 is 11.9 Å². The zero-order chi connectivity index (χ0) is 13.3. The van der Waals surface area contributed by atoms with Gasteiger partial charge in [0.15, 0.2) is 0 Å². The van der Waals surface area contributed by atoms with Crippen LogP contribution in [0.15, 0.2) is 0 Å². The average Bonchev–Trinajstić information content (AvgIpc) is 2.26. The number of carboxylic acid groups (broad SMARTS) is 1. The second-order valence-corrected chi connectivity index (χ2v) is 3.66. The predicted molar refractivity (Wildman–Crippen MR) is 63.9 cm³/mol. The summed E-state index contributed by atoms with van der Waals surface area (Å²) in [6, 6.07) is 0. The van der Waals surface area contributed by atoms with Gasteiger partial charge in [-0.25, -0.2) is 0 Å². The zero-order valence-corrected chi connectivity index (χ0v) is 10.8. The van der Waals surface area contributed by atoms with E-state index in [1.807, 2.05) is 13.8 Å². The van der Waals surface area contributed by atoms with Gasteiger partial charge < -0.3 is 14.7 Å². The first-order valence-corrected chi connectivity index (χ1v) is 5.75. The van der Waals surface area contributed by atoms with E-state index < -0.39 is 5.97 Å². The molecule has 0 heterocycles. The molecule has 0 aromatic carbocycles. The van der Waals surface area contributed by atoms with Crippen molar-refractivity contribution < 1.29 is 19.4 Å². The second-order valence-electron chi connectivity index (χ2n) is 3.66. The van der Waals surface area contributed by atoms with E-state index in [9.17, 15) is 9.59 Å². The fraction of sp³-hybridized carbons (Fsp3) is 0.818. The van der Waals surface area contributed by atoms with Gasteiger partial charge in [-0.1, -0.05) is 0 Å². The summed E-state index contributed by atoms with van der Waals surface area (Å²) in [7, 11) is 1.55. The molecular formula is C11H22N2O4. The van der Waals surface area contributed by atoms with Gasteiger partial charge in [-0.15, -0.1) is 0 Å². The first kappa shape index (κ1) is 15.9. The maximum atomic E-state index is 11.8. The number of aliphatic carboxylic acids is 1. The van der Waals surface area contributed by atoms with Crippen molar-refractivity contribution in [3.63, 3.8) is 0 Å². The number of nitrogens with zero attached hydrogens (tertiary/aromatic N) is 2. The molecule has 0 aromatic heterocycles. The minimum absolute atomic E-state index is 0.0487. The number of carbonyl (C=O) groups excluding carboxylic acids is 1. The Morgan fingerprint density at radius 2 is 1.76 bits per heavy atom. The third-order valence-corrected chi connectivity index (χ3v) is 2.45. The second kappa shape index (κ2) is 8.95. The van der Waals surface area contributed by atoms with E-state index >= 15 is 0 Å². The average molecular weight is 246 g/mol. The molecule has 0 radical (unpaired) electrons. The molecule has 0 unspecified atom stereocenters. The van der Waals surface area contributed by atoms with Crippen LogP contribution in [0.3, 0.4) is 0 Å². The quantitative estimate of drug-likeness (QED) is 0.614. The van der Waals surface area contributed by atoms with Crippen LogP contribution in [-0.2, 0) is 14.3 Å². The van der Waals surface area contributed by atoms with Gasteiger partial charge in [-0.2, -0.15) is 0 Å². The standard InChI is InChI=1S/C11H22N2O4/c1-4-13(5-2)10(14)8-12(6-7-17-3)9-11(15)16/h4-9H2,1-3H3,(H,15,16). The molecule has 0 aliphatic rings. The Bertz CT molecular complexity index is 242. The van der Waals surface area contributed by atoms with E-state index in [0.29, 0.717) is 26.2 Å². The van der Waals surface area contributed by atoms with Crippen LogP contribution < -0.4 is 0 Å². The first-order chi connectivity index (χ1) is 8.04. The van der Waals surface area contributed by atoms with Crippen molar-refractivity contribution in [2.24, 2.45) is 0 Å². The summed E-state index contributed by atoms with van der Waals surface area (Å²) in [5.41, 5.74) is 0. The number of ether oxygens (including phenoxy) is 1. The molecule has 6 nitrogen and oxygen atoms in total. The Morgan fingerprint density at radius 1 is 1.18 bits per heavy atom. The Balaban J connectivity index is 4.29. The predicted octanol–water partition coefficient (Wildman–Crippen LogP) is -0.112. The summed E-state index contributed by atoms with van der Waals surface area (Å²) >= 11 is 0. The highest BCUT2D eigenvalue weighted by atomic mass is 16.5. The van der Waals surface area contributed by atoms with Gasteiger partial charge in [0.25, 0.3) is 0 Å². The number of carboxylic acids is 1. The molecule has 0 bridgehead atoms. The molecule has 17 heavy (non-hydrogen) atoms. The number of amides is 1. The summed E-state index contributed by atoms with van der Waals surface area (Å²) < 4.78 is 4.89. The minimum atomic E-state index is -0.937. The number of likely N-dealkylation sites (N-methyl/N-ethyl adjacent to an activating group) is 1. The lowest BCUT2D eigenvalue weighted by atomic mass is 10.4. The number of carbonyl (C=O) groups is 2. The highest BCUT2D eigenvalue weighted by molar-refractivity contribution is 5.79. The minimum Gasteiger partial charge on any atom is -0.480 e. The zero-order valence-electron chi connectivity index (χ0n) is 10.8. The molecule has 0 aromatic rings. The first-order valence-electron chi connectivity index (χ1n) is 5.75. The Kier molecular flexibility index (Phi) is 8.35. The van der Waals surface area contributed by atoms with Crippen LogP contribution in [0.1, 0.15) is 13.8 Å². The lowest BCUT2D eigenvalue weighted by Crippen LogP contribution is -2.43. The van der Waals surface area contributed by atoms with Crippen LogP contribution >= 0.6 is 0 Å². The molecule has 1 amide bonds. The number of rotatable bonds is 9. The third-order valence-electron chi connectivity index (χ3n) is 2.45. The van der Waals surface area contributed by atoms with Crippen LogP contribution in [0.4, 0.5) is 0 Å². The summed E-state index contributed by atoms with van der Waals surface area (Å²) in [5, 5.41) is 8.74. The van der Waals surface area contributed by atoms with E-state index in [-0.39, 0.29) is 19.0 Å². The molecule has 0 rings (SSSR count). The van der Waals surface area contributed by atoms with Crippen molar-refractivity contribution in [3.05, 3.63) is 0 Å². The van der Waals surface area contributed by atoms with Crippen molar-refractivity contribution in [2.75, 3.05) is 46.4 Å². The lowest BCUT2D eigenvalue weighted by Gasteiger charge is -2.24. The molecule has 0 saturated heterocycles. The summed E-state index contributed by atoms with van der Waals surface area (Å²) in [6.07, 6.45) is 0. The molecule has 0 aliphatic heterocycles. The third kappa shape index (κ3) is 6.91. The van der Waals surface area contributed by atoms with Crippen molar-refractivity contribution in [2.45, 2.75) is 13.8 Å².